The molecule has 0 radical (unpaired) electrons. The molecule has 2 rings (SSSR count). The number of benzene rings is 2. The van der Waals surface area contributed by atoms with Crippen LogP contribution >= 0.6 is 0 Å². The van der Waals surface area contributed by atoms with Crippen molar-refractivity contribution in [2.45, 2.75) is 0 Å². The molecule has 2 aromatic carbocycles. The lowest BCUT2D eigenvalue weighted by Crippen LogP contribution is -2.15. The van der Waals surface area contributed by atoms with E-state index in [2.05, 4.69) is 15.4 Å². The molecule has 0 atom stereocenters. The summed E-state index contributed by atoms with van der Waals surface area (Å²) in [6.07, 6.45) is -0.879. The molecule has 0 bridgehead atoms. The van der Waals surface area contributed by atoms with Crippen LogP contribution in [0.5, 0.6) is 0 Å². The minimum absolute atomic E-state index is 0.144. The lowest BCUT2D eigenvalue weighted by molar-refractivity contribution is -0.385. The van der Waals surface area contributed by atoms with Gasteiger partial charge in [-0.2, -0.15) is 0 Å². The van der Waals surface area contributed by atoms with Gasteiger partial charge in [0.25, 0.3) is 11.6 Å². The number of methoxy groups -OCH3 is 1. The summed E-state index contributed by atoms with van der Waals surface area (Å²) in [6.45, 7) is 0. The number of hydrogen-bond donors (Lipinski definition) is 2. The molecule has 0 aliphatic rings. The van der Waals surface area contributed by atoms with E-state index in [9.17, 15) is 24.1 Å². The van der Waals surface area contributed by atoms with Crippen LogP contribution in [0.3, 0.4) is 0 Å². The van der Waals surface area contributed by atoms with E-state index < -0.39 is 22.7 Å². The Labute approximate surface area is 135 Å². The number of nitrogens with one attached hydrogen (secondary N) is 2. The van der Waals surface area contributed by atoms with Crippen LogP contribution in [0.25, 0.3) is 0 Å². The largest absolute Gasteiger partial charge is 0.453 e. The number of hydrogen-bond acceptors (Lipinski definition) is 5. The fraction of sp³-hybridized carbons (Fsp3) is 0.0667. The first-order chi connectivity index (χ1) is 11.4. The van der Waals surface area contributed by atoms with Gasteiger partial charge in [0, 0.05) is 11.8 Å². The van der Waals surface area contributed by atoms with Gasteiger partial charge in [-0.3, -0.25) is 20.2 Å². The molecule has 24 heavy (non-hydrogen) atoms. The molecule has 0 fully saturated rings. The van der Waals surface area contributed by atoms with Crippen molar-refractivity contribution in [3.8, 4) is 0 Å². The second-order valence-corrected chi connectivity index (χ2v) is 4.54. The Morgan fingerprint density at radius 3 is 2.54 bits per heavy atom. The quantitative estimate of drug-likeness (QED) is 0.659. The zero-order valence-electron chi connectivity index (χ0n) is 12.4. The molecule has 0 aliphatic heterocycles. The van der Waals surface area contributed by atoms with Crippen molar-refractivity contribution in [3.05, 3.63) is 64.0 Å². The highest BCUT2D eigenvalue weighted by molar-refractivity contribution is 6.07. The third kappa shape index (κ3) is 3.83. The summed E-state index contributed by atoms with van der Waals surface area (Å²) in [5.41, 5.74) is -0.563. The van der Waals surface area contributed by atoms with Crippen LogP contribution in [-0.4, -0.2) is 24.0 Å². The predicted molar refractivity (Wildman–Crippen MR) is 83.5 cm³/mol. The summed E-state index contributed by atoms with van der Waals surface area (Å²) in [4.78, 5) is 33.6. The fourth-order valence-electron chi connectivity index (χ4n) is 1.88. The van der Waals surface area contributed by atoms with E-state index in [1.807, 2.05) is 0 Å². The van der Waals surface area contributed by atoms with Crippen LogP contribution in [0.2, 0.25) is 0 Å². The number of ether oxygens (including phenoxy) is 1. The van der Waals surface area contributed by atoms with Crippen molar-refractivity contribution in [1.29, 1.82) is 0 Å². The lowest BCUT2D eigenvalue weighted by Gasteiger charge is -2.09. The van der Waals surface area contributed by atoms with Crippen molar-refractivity contribution >= 4 is 29.1 Å². The molecule has 0 saturated heterocycles. The summed E-state index contributed by atoms with van der Waals surface area (Å²) in [5.74, 6) is -1.47. The Balaban J connectivity index is 2.25. The number of amides is 2. The highest BCUT2D eigenvalue weighted by Crippen LogP contribution is 2.23. The van der Waals surface area contributed by atoms with Gasteiger partial charge in [-0.1, -0.05) is 12.1 Å². The van der Waals surface area contributed by atoms with Gasteiger partial charge in [0.05, 0.1) is 17.7 Å². The predicted octanol–water partition coefficient (Wildman–Crippen LogP) is 3.16. The third-order valence-electron chi connectivity index (χ3n) is 2.99. The monoisotopic (exact) mass is 333 g/mol. The number of rotatable bonds is 4. The third-order valence-corrected chi connectivity index (χ3v) is 2.99. The maximum atomic E-state index is 13.6. The first kappa shape index (κ1) is 16.9. The average molecular weight is 333 g/mol. The van der Waals surface area contributed by atoms with E-state index in [1.54, 1.807) is 0 Å². The summed E-state index contributed by atoms with van der Waals surface area (Å²) < 4.78 is 18.0. The SMILES string of the molecule is COC(=O)Nc1cc(NC(=O)c2ccccc2[N+](=O)[O-])ccc1F. The van der Waals surface area contributed by atoms with E-state index in [1.165, 1.54) is 36.4 Å². The van der Waals surface area contributed by atoms with Crippen molar-refractivity contribution in [2.24, 2.45) is 0 Å². The highest BCUT2D eigenvalue weighted by Gasteiger charge is 2.19. The number of carbonyl (C=O) groups excluding carboxylic acids is 2. The van der Waals surface area contributed by atoms with Gasteiger partial charge in [0.1, 0.15) is 11.4 Å². The average Bonchev–Trinajstić information content (AvgIpc) is 2.57. The van der Waals surface area contributed by atoms with E-state index in [4.69, 9.17) is 0 Å². The first-order valence-electron chi connectivity index (χ1n) is 6.61. The second kappa shape index (κ2) is 7.18. The van der Waals surface area contributed by atoms with Crippen LogP contribution < -0.4 is 10.6 Å². The van der Waals surface area contributed by atoms with E-state index in [0.29, 0.717) is 0 Å². The molecular formula is C15H12FN3O5. The zero-order valence-corrected chi connectivity index (χ0v) is 12.4. The Hall–Kier alpha value is -3.49. The number of para-hydroxylation sites is 1. The van der Waals surface area contributed by atoms with Gasteiger partial charge in [-0.05, 0) is 24.3 Å². The van der Waals surface area contributed by atoms with Crippen molar-refractivity contribution in [2.75, 3.05) is 17.7 Å². The van der Waals surface area contributed by atoms with E-state index in [-0.39, 0.29) is 22.6 Å². The topological polar surface area (TPSA) is 111 Å². The minimum Gasteiger partial charge on any atom is -0.453 e. The molecule has 9 heteroatoms. The molecule has 124 valence electrons. The summed E-state index contributed by atoms with van der Waals surface area (Å²) in [6, 6.07) is 8.86. The number of nitro benzene ring substituents is 1. The smallest absolute Gasteiger partial charge is 0.411 e. The highest BCUT2D eigenvalue weighted by atomic mass is 19.1. The number of carbonyl (C=O) groups is 2. The summed E-state index contributed by atoms with van der Waals surface area (Å²) >= 11 is 0. The van der Waals surface area contributed by atoms with Gasteiger partial charge < -0.3 is 10.1 Å². The number of anilines is 2. The van der Waals surface area contributed by atoms with Crippen molar-refractivity contribution < 1.29 is 23.6 Å². The van der Waals surface area contributed by atoms with Crippen LogP contribution in [0.4, 0.5) is 26.2 Å². The molecular weight excluding hydrogens is 321 g/mol. The molecule has 0 spiro atoms. The number of nitro groups is 1. The minimum atomic E-state index is -0.879. The summed E-state index contributed by atoms with van der Waals surface area (Å²) in [5, 5.41) is 15.5. The van der Waals surface area contributed by atoms with Crippen molar-refractivity contribution in [1.82, 2.24) is 0 Å². The molecule has 2 amide bonds. The van der Waals surface area contributed by atoms with Gasteiger partial charge in [-0.15, -0.1) is 0 Å². The first-order valence-corrected chi connectivity index (χ1v) is 6.61. The molecule has 0 unspecified atom stereocenters. The normalized spacial score (nSPS) is 9.92. The van der Waals surface area contributed by atoms with Gasteiger partial charge in [0.2, 0.25) is 0 Å². The number of nitrogens with zero attached hydrogens (tertiary/aromatic N) is 1. The Bertz CT molecular complexity index is 809. The molecule has 2 N–H and O–H groups in total. The zero-order chi connectivity index (χ0) is 17.7. The maximum absolute atomic E-state index is 13.6. The Morgan fingerprint density at radius 1 is 1.17 bits per heavy atom. The van der Waals surface area contributed by atoms with Gasteiger partial charge in [-0.25, -0.2) is 9.18 Å². The standard InChI is InChI=1S/C15H12FN3O5/c1-24-15(21)18-12-8-9(6-7-11(12)16)17-14(20)10-4-2-3-5-13(10)19(22)23/h2-8H,1H3,(H,17,20)(H,18,21). The van der Waals surface area contributed by atoms with Crippen LogP contribution in [0, 0.1) is 15.9 Å². The maximum Gasteiger partial charge on any atom is 0.411 e. The Morgan fingerprint density at radius 2 is 1.88 bits per heavy atom. The van der Waals surface area contributed by atoms with E-state index >= 15 is 0 Å². The van der Waals surface area contributed by atoms with Gasteiger partial charge in [0.15, 0.2) is 0 Å². The Kier molecular flexibility index (Phi) is 5.05. The van der Waals surface area contributed by atoms with Crippen LogP contribution in [0.15, 0.2) is 42.5 Å². The molecule has 8 nitrogen and oxygen atoms in total. The van der Waals surface area contributed by atoms with Crippen LogP contribution in [-0.2, 0) is 4.74 Å². The number of halogens is 1. The molecule has 0 aromatic heterocycles. The van der Waals surface area contributed by atoms with Gasteiger partial charge >= 0.3 is 6.09 Å². The second-order valence-electron chi connectivity index (χ2n) is 4.54. The van der Waals surface area contributed by atoms with Crippen LogP contribution in [0.1, 0.15) is 10.4 Å². The molecule has 0 aliphatic carbocycles. The fourth-order valence-corrected chi connectivity index (χ4v) is 1.88. The van der Waals surface area contributed by atoms with Crippen molar-refractivity contribution in [3.63, 3.8) is 0 Å². The lowest BCUT2D eigenvalue weighted by atomic mass is 10.1. The molecule has 2 aromatic rings. The molecule has 0 saturated carbocycles. The summed E-state index contributed by atoms with van der Waals surface area (Å²) in [7, 11) is 1.12. The van der Waals surface area contributed by atoms with E-state index in [0.717, 1.165) is 13.2 Å². The molecule has 0 heterocycles.